The summed E-state index contributed by atoms with van der Waals surface area (Å²) >= 11 is 0. The average molecular weight is 628 g/mol. The molecule has 0 amide bonds. The zero-order valence-electron chi connectivity index (χ0n) is 26.5. The lowest BCUT2D eigenvalue weighted by atomic mass is 9.87. The maximum absolute atomic E-state index is 6.71. The summed E-state index contributed by atoms with van der Waals surface area (Å²) in [7, 11) is 0. The summed E-state index contributed by atoms with van der Waals surface area (Å²) in [5.41, 5.74) is 6.33. The number of nitrogens with zero attached hydrogens (tertiary/aromatic N) is 1. The number of rotatable bonds is 3. The van der Waals surface area contributed by atoms with E-state index in [1.807, 2.05) is 0 Å². The van der Waals surface area contributed by atoms with Gasteiger partial charge < -0.3 is 14.1 Å². The second-order valence-corrected chi connectivity index (χ2v) is 13.2. The third-order valence-electron chi connectivity index (χ3n) is 10.6. The van der Waals surface area contributed by atoms with Gasteiger partial charge in [-0.15, -0.1) is 0 Å². The summed E-state index contributed by atoms with van der Waals surface area (Å²) in [5.74, 6) is 0.995. The number of ether oxygens (including phenoxy) is 1. The van der Waals surface area contributed by atoms with E-state index in [1.54, 1.807) is 0 Å². The Kier molecular flexibility index (Phi) is 5.50. The predicted molar refractivity (Wildman–Crippen MR) is 203 cm³/mol. The van der Waals surface area contributed by atoms with Crippen LogP contribution < -0.4 is 9.64 Å². The maximum atomic E-state index is 6.71. The molecule has 8 aromatic carbocycles. The number of hydrogen-bond donors (Lipinski definition) is 0. The zero-order chi connectivity index (χ0) is 32.1. The van der Waals surface area contributed by atoms with Crippen molar-refractivity contribution >= 4 is 76.4 Å². The number of fused-ring (bicyclic) bond motifs is 13. The van der Waals surface area contributed by atoms with Gasteiger partial charge in [0.1, 0.15) is 23.0 Å². The molecule has 1 aliphatic carbocycles. The van der Waals surface area contributed by atoms with Crippen molar-refractivity contribution in [3.05, 3.63) is 175 Å². The summed E-state index contributed by atoms with van der Waals surface area (Å²) < 4.78 is 13.2. The van der Waals surface area contributed by atoms with E-state index < -0.39 is 0 Å². The standard InChI is InChI=1S/C46H29NO2/c1-3-10-33-28(8-1)17-23-36-35(33)22-18-30-16-20-31(26-40(30)36)47(41-13-7-15-43-45(41)39-12-5-6-14-42(39)48-43)32-21-25-37-38-24-19-29-9-2-4-11-34(29)46(38)49-44(37)27-32/h1-27,43,45H. The van der Waals surface area contributed by atoms with Crippen LogP contribution in [0.1, 0.15) is 11.5 Å². The molecule has 1 aromatic heterocycles. The maximum Gasteiger partial charge on any atom is 0.143 e. The van der Waals surface area contributed by atoms with Gasteiger partial charge in [0, 0.05) is 44.9 Å². The van der Waals surface area contributed by atoms with Crippen LogP contribution in [-0.4, -0.2) is 6.10 Å². The predicted octanol–water partition coefficient (Wildman–Crippen LogP) is 12.3. The lowest BCUT2D eigenvalue weighted by molar-refractivity contribution is 0.264. The molecule has 11 rings (SSSR count). The lowest BCUT2D eigenvalue weighted by Crippen LogP contribution is -2.29. The monoisotopic (exact) mass is 627 g/mol. The quantitative estimate of drug-likeness (QED) is 0.182. The Bertz CT molecular complexity index is 2890. The number of furan rings is 1. The molecule has 0 spiro atoms. The molecule has 9 aromatic rings. The fourth-order valence-electron chi connectivity index (χ4n) is 8.32. The van der Waals surface area contributed by atoms with Crippen molar-refractivity contribution in [1.82, 2.24) is 0 Å². The minimum absolute atomic E-state index is 0.0451. The van der Waals surface area contributed by atoms with Crippen LogP contribution in [0.5, 0.6) is 5.75 Å². The van der Waals surface area contributed by atoms with E-state index in [-0.39, 0.29) is 12.0 Å². The van der Waals surface area contributed by atoms with Gasteiger partial charge in [0.15, 0.2) is 0 Å². The molecule has 0 saturated heterocycles. The average Bonchev–Trinajstić information content (AvgIpc) is 3.73. The summed E-state index contributed by atoms with van der Waals surface area (Å²) in [6.07, 6.45) is 6.50. The highest BCUT2D eigenvalue weighted by Gasteiger charge is 2.39. The molecule has 230 valence electrons. The Labute approximate surface area is 282 Å². The van der Waals surface area contributed by atoms with Gasteiger partial charge in [-0.2, -0.15) is 0 Å². The normalized spacial score (nSPS) is 16.8. The fraction of sp³-hybridized carbons (Fsp3) is 0.0435. The van der Waals surface area contributed by atoms with Crippen LogP contribution in [0, 0.1) is 0 Å². The second-order valence-electron chi connectivity index (χ2n) is 13.2. The molecule has 0 N–H and O–H groups in total. The highest BCUT2D eigenvalue weighted by Crippen LogP contribution is 2.49. The molecule has 3 heteroatoms. The van der Waals surface area contributed by atoms with Gasteiger partial charge in [-0.3, -0.25) is 0 Å². The van der Waals surface area contributed by atoms with Crippen LogP contribution in [-0.2, 0) is 0 Å². The van der Waals surface area contributed by atoms with Gasteiger partial charge in [-0.1, -0.05) is 109 Å². The van der Waals surface area contributed by atoms with Crippen molar-refractivity contribution in [2.24, 2.45) is 0 Å². The minimum atomic E-state index is -0.0751. The highest BCUT2D eigenvalue weighted by molar-refractivity contribution is 6.18. The molecule has 0 radical (unpaired) electrons. The fourth-order valence-corrected chi connectivity index (χ4v) is 8.32. The SMILES string of the molecule is C1=CC2Oc3ccccc3C2C(N(c2ccc3c(c2)oc2c4ccccc4ccc32)c2ccc3ccc4c5ccccc5ccc4c3c2)=C1. The van der Waals surface area contributed by atoms with E-state index in [0.29, 0.717) is 0 Å². The summed E-state index contributed by atoms with van der Waals surface area (Å²) in [4.78, 5) is 2.41. The Morgan fingerprint density at radius 1 is 0.490 bits per heavy atom. The van der Waals surface area contributed by atoms with Crippen LogP contribution >= 0.6 is 0 Å². The summed E-state index contributed by atoms with van der Waals surface area (Å²) in [5, 5.41) is 12.1. The van der Waals surface area contributed by atoms with Crippen LogP contribution in [0.25, 0.3) is 65.0 Å². The Morgan fingerprint density at radius 2 is 1.12 bits per heavy atom. The van der Waals surface area contributed by atoms with Crippen molar-refractivity contribution in [3.63, 3.8) is 0 Å². The molecule has 0 bridgehead atoms. The molecule has 2 heterocycles. The molecule has 49 heavy (non-hydrogen) atoms. The molecule has 0 saturated carbocycles. The summed E-state index contributed by atoms with van der Waals surface area (Å²) in [6.45, 7) is 0. The molecule has 2 atom stereocenters. The molecule has 3 nitrogen and oxygen atoms in total. The Morgan fingerprint density at radius 3 is 2.00 bits per heavy atom. The van der Waals surface area contributed by atoms with Crippen LogP contribution in [0.2, 0.25) is 0 Å². The van der Waals surface area contributed by atoms with Crippen molar-refractivity contribution in [1.29, 1.82) is 0 Å². The topological polar surface area (TPSA) is 25.6 Å². The van der Waals surface area contributed by atoms with Gasteiger partial charge >= 0.3 is 0 Å². The van der Waals surface area contributed by atoms with E-state index in [1.165, 1.54) is 49.0 Å². The molecule has 1 aliphatic heterocycles. The molecular formula is C46H29NO2. The first-order chi connectivity index (χ1) is 24.3. The zero-order valence-corrected chi connectivity index (χ0v) is 26.5. The van der Waals surface area contributed by atoms with Gasteiger partial charge in [0.2, 0.25) is 0 Å². The van der Waals surface area contributed by atoms with Crippen molar-refractivity contribution in [2.75, 3.05) is 4.90 Å². The first-order valence-electron chi connectivity index (χ1n) is 16.9. The van der Waals surface area contributed by atoms with Crippen molar-refractivity contribution in [2.45, 2.75) is 12.0 Å². The van der Waals surface area contributed by atoms with Gasteiger partial charge in [-0.25, -0.2) is 0 Å². The largest absolute Gasteiger partial charge is 0.485 e. The number of para-hydroxylation sites is 1. The van der Waals surface area contributed by atoms with E-state index >= 15 is 0 Å². The van der Waals surface area contributed by atoms with Gasteiger partial charge in [0.05, 0.1) is 5.92 Å². The molecule has 0 fully saturated rings. The van der Waals surface area contributed by atoms with Crippen molar-refractivity contribution < 1.29 is 9.15 Å². The minimum Gasteiger partial charge on any atom is -0.485 e. The van der Waals surface area contributed by atoms with E-state index in [9.17, 15) is 0 Å². The molecule has 2 aliphatic rings. The third-order valence-corrected chi connectivity index (χ3v) is 10.6. The van der Waals surface area contributed by atoms with Crippen LogP contribution in [0.15, 0.2) is 174 Å². The Hall–Kier alpha value is -6.32. The van der Waals surface area contributed by atoms with E-state index in [2.05, 4.69) is 169 Å². The van der Waals surface area contributed by atoms with Crippen LogP contribution in [0.3, 0.4) is 0 Å². The second kappa shape index (κ2) is 10.1. The molecule has 2 unspecified atom stereocenters. The first-order valence-corrected chi connectivity index (χ1v) is 16.9. The molecular weight excluding hydrogens is 599 g/mol. The Balaban J connectivity index is 1.16. The van der Waals surface area contributed by atoms with Gasteiger partial charge in [0.25, 0.3) is 0 Å². The summed E-state index contributed by atoms with van der Waals surface area (Å²) in [6, 6.07) is 52.5. The smallest absolute Gasteiger partial charge is 0.143 e. The number of anilines is 2. The lowest BCUT2D eigenvalue weighted by Gasteiger charge is -2.34. The van der Waals surface area contributed by atoms with Gasteiger partial charge in [-0.05, 0) is 86.3 Å². The third kappa shape index (κ3) is 3.90. The number of allylic oxidation sites excluding steroid dienone is 2. The number of hydrogen-bond acceptors (Lipinski definition) is 3. The number of benzene rings is 8. The van der Waals surface area contributed by atoms with Crippen LogP contribution in [0.4, 0.5) is 11.4 Å². The van der Waals surface area contributed by atoms with E-state index in [4.69, 9.17) is 9.15 Å². The van der Waals surface area contributed by atoms with Crippen molar-refractivity contribution in [3.8, 4) is 5.75 Å². The van der Waals surface area contributed by atoms with E-state index in [0.717, 1.165) is 44.4 Å². The first kappa shape index (κ1) is 26.7. The highest BCUT2D eigenvalue weighted by atomic mass is 16.5.